The molecule has 2 aliphatic carbocycles. The van der Waals surface area contributed by atoms with Crippen molar-refractivity contribution in [1.29, 1.82) is 0 Å². The Morgan fingerprint density at radius 1 is 0.905 bits per heavy atom. The summed E-state index contributed by atoms with van der Waals surface area (Å²) in [5, 5.41) is 0. The van der Waals surface area contributed by atoms with Crippen LogP contribution in [0.15, 0.2) is 34.9 Å². The first-order valence-electron chi connectivity index (χ1n) is 8.37. The van der Waals surface area contributed by atoms with Crippen molar-refractivity contribution in [2.24, 2.45) is 0 Å². The first-order chi connectivity index (χ1) is 9.81. The van der Waals surface area contributed by atoms with Crippen LogP contribution in [0.5, 0.6) is 0 Å². The zero-order valence-electron chi connectivity index (χ0n) is 14.1. The third kappa shape index (κ3) is 8.76. The van der Waals surface area contributed by atoms with Gasteiger partial charge in [0.1, 0.15) is 0 Å². The molecule has 0 heterocycles. The minimum Gasteiger partial charge on any atom is -0.269 e. The second-order valence-corrected chi connectivity index (χ2v) is 5.50. The molecule has 0 nitrogen and oxygen atoms in total. The topological polar surface area (TPSA) is 0 Å². The molecule has 0 radical (unpaired) electrons. The average Bonchev–Trinajstić information content (AvgIpc) is 3.10. The smallest absolute Gasteiger partial charge is 0 e. The molecule has 0 bridgehead atoms. The van der Waals surface area contributed by atoms with Gasteiger partial charge >= 0.3 is 0 Å². The molecular weight excluding hydrogens is 419 g/mol. The number of allylic oxidation sites excluding steroid dienone is 8. The molecule has 0 fully saturated rings. The Morgan fingerprint density at radius 3 is 2.24 bits per heavy atom. The van der Waals surface area contributed by atoms with E-state index >= 15 is 0 Å². The van der Waals surface area contributed by atoms with Crippen LogP contribution in [-0.2, 0) is 25.8 Å². The van der Waals surface area contributed by atoms with Crippen molar-refractivity contribution in [3.05, 3.63) is 47.1 Å². The minimum atomic E-state index is 0. The Kier molecular flexibility index (Phi) is 13.4. The van der Waals surface area contributed by atoms with E-state index in [0.29, 0.717) is 0 Å². The van der Waals surface area contributed by atoms with Crippen molar-refractivity contribution >= 4 is 0 Å². The quantitative estimate of drug-likeness (QED) is 0.307. The molecule has 2 rings (SSSR count). The molecule has 0 spiro atoms. The SMILES string of the molecule is CCCC1=[C-]CC=C1.CCCCC1=CC[C-]=C1CCC.[Hf]. The van der Waals surface area contributed by atoms with Crippen LogP contribution in [0.2, 0.25) is 0 Å². The van der Waals surface area contributed by atoms with Crippen molar-refractivity contribution in [2.75, 3.05) is 0 Å². The summed E-state index contributed by atoms with van der Waals surface area (Å²) >= 11 is 0. The van der Waals surface area contributed by atoms with Gasteiger partial charge in [0.25, 0.3) is 0 Å². The van der Waals surface area contributed by atoms with E-state index < -0.39 is 0 Å². The molecule has 0 aromatic rings. The molecule has 0 aromatic heterocycles. The van der Waals surface area contributed by atoms with Gasteiger partial charge in [-0.1, -0.05) is 65.7 Å². The number of rotatable bonds is 7. The maximum atomic E-state index is 3.44. The van der Waals surface area contributed by atoms with Crippen LogP contribution in [-0.4, -0.2) is 0 Å². The molecule has 0 aromatic carbocycles. The molecule has 0 unspecified atom stereocenters. The van der Waals surface area contributed by atoms with E-state index in [-0.39, 0.29) is 25.8 Å². The van der Waals surface area contributed by atoms with Crippen LogP contribution < -0.4 is 0 Å². The molecule has 1 heteroatoms. The summed E-state index contributed by atoms with van der Waals surface area (Å²) in [6.07, 6.45) is 24.3. The Bertz CT molecular complexity index is 383. The van der Waals surface area contributed by atoms with Crippen LogP contribution in [0.3, 0.4) is 0 Å². The largest absolute Gasteiger partial charge is 0.269 e. The van der Waals surface area contributed by atoms with Gasteiger partial charge in [0.15, 0.2) is 0 Å². The van der Waals surface area contributed by atoms with E-state index in [9.17, 15) is 0 Å². The van der Waals surface area contributed by atoms with Crippen LogP contribution in [0.4, 0.5) is 0 Å². The summed E-state index contributed by atoms with van der Waals surface area (Å²) in [5.74, 6) is 0. The molecule has 0 amide bonds. The predicted molar refractivity (Wildman–Crippen MR) is 89.3 cm³/mol. The van der Waals surface area contributed by atoms with Gasteiger partial charge in [0.2, 0.25) is 0 Å². The van der Waals surface area contributed by atoms with E-state index in [1.165, 1.54) is 56.1 Å². The predicted octanol–water partition coefficient (Wildman–Crippen LogP) is 6.51. The van der Waals surface area contributed by atoms with E-state index in [1.54, 1.807) is 5.57 Å². The third-order valence-electron chi connectivity index (χ3n) is 3.64. The Balaban J connectivity index is 0.000000390. The van der Waals surface area contributed by atoms with E-state index in [4.69, 9.17) is 0 Å². The normalized spacial score (nSPS) is 15.7. The second kappa shape index (κ2) is 13.5. The maximum absolute atomic E-state index is 3.44. The number of hydrogen-bond donors (Lipinski definition) is 0. The molecule has 0 aliphatic heterocycles. The van der Waals surface area contributed by atoms with Gasteiger partial charge in [-0.05, 0) is 0 Å². The fraction of sp³-hybridized carbons (Fsp3) is 0.600. The van der Waals surface area contributed by atoms with Crippen molar-refractivity contribution < 1.29 is 25.8 Å². The average molecular weight is 449 g/mol. The molecule has 0 saturated heterocycles. The molecule has 21 heavy (non-hydrogen) atoms. The summed E-state index contributed by atoms with van der Waals surface area (Å²) in [5.41, 5.74) is 4.48. The fourth-order valence-electron chi connectivity index (χ4n) is 2.54. The molecule has 2 aliphatic rings. The monoisotopic (exact) mass is 450 g/mol. The van der Waals surface area contributed by atoms with E-state index in [0.717, 1.165) is 12.8 Å². The van der Waals surface area contributed by atoms with Gasteiger partial charge in [0, 0.05) is 25.8 Å². The molecule has 0 N–H and O–H groups in total. The fourth-order valence-corrected chi connectivity index (χ4v) is 2.54. The van der Waals surface area contributed by atoms with Crippen molar-refractivity contribution in [3.8, 4) is 0 Å². The van der Waals surface area contributed by atoms with Crippen LogP contribution in [0.25, 0.3) is 0 Å². The minimum absolute atomic E-state index is 0. The van der Waals surface area contributed by atoms with Crippen LogP contribution in [0.1, 0.15) is 78.6 Å². The van der Waals surface area contributed by atoms with Crippen molar-refractivity contribution in [3.63, 3.8) is 0 Å². The Labute approximate surface area is 151 Å². The van der Waals surface area contributed by atoms with Crippen molar-refractivity contribution in [2.45, 2.75) is 78.6 Å². The second-order valence-electron chi connectivity index (χ2n) is 5.50. The first-order valence-corrected chi connectivity index (χ1v) is 8.37. The molecule has 116 valence electrons. The van der Waals surface area contributed by atoms with Gasteiger partial charge in [-0.3, -0.25) is 12.2 Å². The number of unbranched alkanes of at least 4 members (excludes halogenated alkanes) is 1. The van der Waals surface area contributed by atoms with E-state index in [2.05, 4.69) is 51.2 Å². The molecular formula is C20H30Hf-2. The van der Waals surface area contributed by atoms with E-state index in [1.807, 2.05) is 0 Å². The molecule has 0 saturated carbocycles. The Hall–Kier alpha value is -0.170. The number of hydrogen-bond acceptors (Lipinski definition) is 0. The maximum Gasteiger partial charge on any atom is 0 e. The van der Waals surface area contributed by atoms with Gasteiger partial charge in [-0.2, -0.15) is 17.7 Å². The summed E-state index contributed by atoms with van der Waals surface area (Å²) < 4.78 is 0. The summed E-state index contributed by atoms with van der Waals surface area (Å²) in [7, 11) is 0. The summed E-state index contributed by atoms with van der Waals surface area (Å²) in [4.78, 5) is 0. The van der Waals surface area contributed by atoms with Gasteiger partial charge in [0.05, 0.1) is 0 Å². The summed E-state index contributed by atoms with van der Waals surface area (Å²) in [6, 6.07) is 0. The Morgan fingerprint density at radius 2 is 1.67 bits per heavy atom. The standard InChI is InChI=1S/C12H19.C8H11.Hf/c1-3-5-8-12-10-6-9-11(12)7-4-2;1-2-5-8-6-3-4-7-8;/h10H,3-8H2,1-2H3;3,6H,2,4-5H2,1H3;/q2*-1;. The zero-order valence-corrected chi connectivity index (χ0v) is 17.7. The van der Waals surface area contributed by atoms with Crippen LogP contribution >= 0.6 is 0 Å². The summed E-state index contributed by atoms with van der Waals surface area (Å²) in [6.45, 7) is 6.69. The first kappa shape index (κ1) is 20.8. The molecule has 0 atom stereocenters. The van der Waals surface area contributed by atoms with Crippen LogP contribution in [0, 0.1) is 12.2 Å². The van der Waals surface area contributed by atoms with Gasteiger partial charge in [-0.15, -0.1) is 12.8 Å². The van der Waals surface area contributed by atoms with Gasteiger partial charge in [-0.25, -0.2) is 17.2 Å². The van der Waals surface area contributed by atoms with Gasteiger partial charge < -0.3 is 0 Å². The zero-order chi connectivity index (χ0) is 14.6. The third-order valence-corrected chi connectivity index (χ3v) is 3.64. The van der Waals surface area contributed by atoms with Crippen molar-refractivity contribution in [1.82, 2.24) is 0 Å².